The quantitative estimate of drug-likeness (QED) is 0.0320. The van der Waals surface area contributed by atoms with E-state index in [9.17, 15) is 19.8 Å². The van der Waals surface area contributed by atoms with Gasteiger partial charge in [0.2, 0.25) is 5.91 Å². The summed E-state index contributed by atoms with van der Waals surface area (Å²) in [6.07, 6.45) is 87.6. The summed E-state index contributed by atoms with van der Waals surface area (Å²) < 4.78 is 5.50. The molecule has 3 N–H and O–H groups in total. The number of rotatable bonds is 67. The lowest BCUT2D eigenvalue weighted by Crippen LogP contribution is -2.45. The average molecular weight is 1110 g/mol. The highest BCUT2D eigenvalue weighted by atomic mass is 16.5. The molecular formula is C73H139NO5. The van der Waals surface area contributed by atoms with Gasteiger partial charge in [-0.3, -0.25) is 9.59 Å². The third-order valence-electron chi connectivity index (χ3n) is 16.7. The Morgan fingerprint density at radius 3 is 0.987 bits per heavy atom. The number of carbonyl (C=O) groups excluding carboxylic acids is 2. The van der Waals surface area contributed by atoms with E-state index in [2.05, 4.69) is 55.6 Å². The normalized spacial score (nSPS) is 12.7. The van der Waals surface area contributed by atoms with Gasteiger partial charge >= 0.3 is 5.97 Å². The molecule has 0 aromatic rings. The minimum absolute atomic E-state index is 0.00898. The maximum atomic E-state index is 12.5. The SMILES string of the molecule is CCCCCC/C=C\C/C=C\CCCCCCCCCC(=O)OCCCCCCCCCCCCCC/C=C\CCCCCCCCCCCCCCC(=O)NC(CO)C(O)CCCCCCCCCCCCCCCCCC. The number of aliphatic hydroxyl groups excluding tert-OH is 2. The monoisotopic (exact) mass is 1110 g/mol. The first kappa shape index (κ1) is 77.1. The summed E-state index contributed by atoms with van der Waals surface area (Å²) in [5.74, 6) is -0.0232. The molecule has 0 radical (unpaired) electrons. The van der Waals surface area contributed by atoms with E-state index in [-0.39, 0.29) is 18.5 Å². The van der Waals surface area contributed by atoms with Crippen molar-refractivity contribution in [3.8, 4) is 0 Å². The van der Waals surface area contributed by atoms with Crippen LogP contribution in [0.15, 0.2) is 36.5 Å². The Labute approximate surface area is 494 Å². The molecule has 2 unspecified atom stereocenters. The van der Waals surface area contributed by atoms with E-state index in [1.165, 1.54) is 308 Å². The van der Waals surface area contributed by atoms with E-state index in [1.54, 1.807) is 0 Å². The fourth-order valence-electron chi connectivity index (χ4n) is 11.2. The van der Waals surface area contributed by atoms with Crippen molar-refractivity contribution in [1.29, 1.82) is 0 Å². The van der Waals surface area contributed by atoms with Crippen LogP contribution in [-0.2, 0) is 14.3 Å². The molecule has 6 heteroatoms. The Morgan fingerprint density at radius 1 is 0.354 bits per heavy atom. The zero-order chi connectivity index (χ0) is 57.1. The number of hydrogen-bond acceptors (Lipinski definition) is 5. The molecule has 0 aliphatic carbocycles. The van der Waals surface area contributed by atoms with Gasteiger partial charge in [0.1, 0.15) is 0 Å². The summed E-state index contributed by atoms with van der Waals surface area (Å²) in [4.78, 5) is 24.6. The molecule has 0 saturated carbocycles. The molecule has 79 heavy (non-hydrogen) atoms. The minimum atomic E-state index is -0.664. The lowest BCUT2D eigenvalue weighted by molar-refractivity contribution is -0.143. The Morgan fingerprint density at radius 2 is 0.633 bits per heavy atom. The van der Waals surface area contributed by atoms with Crippen LogP contribution >= 0.6 is 0 Å². The van der Waals surface area contributed by atoms with Crippen molar-refractivity contribution in [2.24, 2.45) is 0 Å². The van der Waals surface area contributed by atoms with Crippen LogP contribution in [0.4, 0.5) is 0 Å². The van der Waals surface area contributed by atoms with Gasteiger partial charge in [0, 0.05) is 12.8 Å². The maximum absolute atomic E-state index is 12.5. The summed E-state index contributed by atoms with van der Waals surface area (Å²) in [5, 5.41) is 23.4. The minimum Gasteiger partial charge on any atom is -0.466 e. The molecule has 0 aliphatic rings. The van der Waals surface area contributed by atoms with E-state index < -0.39 is 12.1 Å². The molecule has 0 aliphatic heterocycles. The van der Waals surface area contributed by atoms with Gasteiger partial charge in [-0.2, -0.15) is 0 Å². The summed E-state index contributed by atoms with van der Waals surface area (Å²) in [6, 6.07) is -0.542. The van der Waals surface area contributed by atoms with Gasteiger partial charge in [0.05, 0.1) is 25.4 Å². The van der Waals surface area contributed by atoms with E-state index in [4.69, 9.17) is 4.74 Å². The standard InChI is InChI=1S/C73H139NO5/c1-3-5-7-9-11-13-15-17-19-21-35-39-43-47-51-55-59-63-67-73(78)79-68-64-60-56-52-48-44-40-36-33-31-29-27-25-23-22-24-26-28-30-32-34-38-42-46-50-54-58-62-66-72(77)74-70(69-75)71(76)65-61-57-53-49-45-41-37-20-18-16-14-12-10-8-6-4-2/h13,15,19,21-23,70-71,75-76H,3-12,14,16-18,20,24-69H2,1-2H3,(H,74,77)/b15-13-,21-19-,23-22-. The molecule has 0 heterocycles. The van der Waals surface area contributed by atoms with Crippen LogP contribution in [0.1, 0.15) is 393 Å². The summed E-state index contributed by atoms with van der Waals surface area (Å²) >= 11 is 0. The van der Waals surface area contributed by atoms with Crippen LogP contribution in [0.3, 0.4) is 0 Å². The van der Waals surface area contributed by atoms with Crippen molar-refractivity contribution in [1.82, 2.24) is 5.32 Å². The molecule has 466 valence electrons. The number of unbranched alkanes of at least 4 members (excludes halogenated alkanes) is 50. The number of hydrogen-bond donors (Lipinski definition) is 3. The van der Waals surface area contributed by atoms with Gasteiger partial charge in [0.15, 0.2) is 0 Å². The zero-order valence-electron chi connectivity index (χ0n) is 53.4. The lowest BCUT2D eigenvalue weighted by atomic mass is 10.0. The highest BCUT2D eigenvalue weighted by molar-refractivity contribution is 5.76. The fraction of sp³-hybridized carbons (Fsp3) is 0.890. The second-order valence-corrected chi connectivity index (χ2v) is 24.6. The number of esters is 1. The van der Waals surface area contributed by atoms with Gasteiger partial charge in [-0.25, -0.2) is 0 Å². The average Bonchev–Trinajstić information content (AvgIpc) is 3.45. The topological polar surface area (TPSA) is 95.9 Å². The predicted octanol–water partition coefficient (Wildman–Crippen LogP) is 23.1. The molecule has 0 aromatic heterocycles. The van der Waals surface area contributed by atoms with Crippen molar-refractivity contribution in [2.75, 3.05) is 13.2 Å². The van der Waals surface area contributed by atoms with Gasteiger partial charge in [-0.05, 0) is 83.5 Å². The van der Waals surface area contributed by atoms with Crippen molar-refractivity contribution < 1.29 is 24.5 Å². The Hall–Kier alpha value is -1.92. The molecular weight excluding hydrogens is 971 g/mol. The number of aliphatic hydroxyl groups is 2. The van der Waals surface area contributed by atoms with Crippen molar-refractivity contribution in [3.63, 3.8) is 0 Å². The van der Waals surface area contributed by atoms with Crippen molar-refractivity contribution in [2.45, 2.75) is 405 Å². The first-order chi connectivity index (χ1) is 39.0. The van der Waals surface area contributed by atoms with E-state index in [0.29, 0.717) is 25.9 Å². The highest BCUT2D eigenvalue weighted by Crippen LogP contribution is 2.19. The first-order valence-corrected chi connectivity index (χ1v) is 35.7. The second kappa shape index (κ2) is 68.6. The van der Waals surface area contributed by atoms with E-state index >= 15 is 0 Å². The van der Waals surface area contributed by atoms with Crippen LogP contribution in [-0.4, -0.2) is 47.4 Å². The molecule has 2 atom stereocenters. The molecule has 0 rings (SSSR count). The summed E-state index contributed by atoms with van der Waals surface area (Å²) in [5.41, 5.74) is 0. The Balaban J connectivity index is 3.37. The van der Waals surface area contributed by atoms with Gasteiger partial charge in [0.25, 0.3) is 0 Å². The fourth-order valence-corrected chi connectivity index (χ4v) is 11.2. The van der Waals surface area contributed by atoms with Crippen LogP contribution in [0.2, 0.25) is 0 Å². The van der Waals surface area contributed by atoms with Crippen molar-refractivity contribution in [3.05, 3.63) is 36.5 Å². The third-order valence-corrected chi connectivity index (χ3v) is 16.7. The van der Waals surface area contributed by atoms with Gasteiger partial charge < -0.3 is 20.3 Å². The third kappa shape index (κ3) is 65.1. The number of ether oxygens (including phenoxy) is 1. The molecule has 0 fully saturated rings. The summed E-state index contributed by atoms with van der Waals surface area (Å²) in [6.45, 7) is 4.96. The molecule has 1 amide bonds. The van der Waals surface area contributed by atoms with Crippen LogP contribution < -0.4 is 5.32 Å². The first-order valence-electron chi connectivity index (χ1n) is 35.7. The van der Waals surface area contributed by atoms with E-state index in [0.717, 1.165) is 51.4 Å². The number of allylic oxidation sites excluding steroid dienone is 6. The Bertz CT molecular complexity index is 1280. The Kier molecular flexibility index (Phi) is 66.9. The second-order valence-electron chi connectivity index (χ2n) is 24.6. The lowest BCUT2D eigenvalue weighted by Gasteiger charge is -2.22. The smallest absolute Gasteiger partial charge is 0.305 e. The number of carbonyl (C=O) groups is 2. The highest BCUT2D eigenvalue weighted by Gasteiger charge is 2.20. The molecule has 0 saturated heterocycles. The molecule has 0 aromatic carbocycles. The number of nitrogens with one attached hydrogen (secondary N) is 1. The predicted molar refractivity (Wildman–Crippen MR) is 347 cm³/mol. The van der Waals surface area contributed by atoms with Crippen LogP contribution in [0.5, 0.6) is 0 Å². The number of amides is 1. The van der Waals surface area contributed by atoms with E-state index in [1.807, 2.05) is 0 Å². The maximum Gasteiger partial charge on any atom is 0.305 e. The molecule has 0 spiro atoms. The van der Waals surface area contributed by atoms with Crippen LogP contribution in [0.25, 0.3) is 0 Å². The zero-order valence-corrected chi connectivity index (χ0v) is 53.4. The largest absolute Gasteiger partial charge is 0.466 e. The van der Waals surface area contributed by atoms with Gasteiger partial charge in [-0.15, -0.1) is 0 Å². The summed E-state index contributed by atoms with van der Waals surface area (Å²) in [7, 11) is 0. The van der Waals surface area contributed by atoms with Crippen molar-refractivity contribution >= 4 is 11.9 Å². The van der Waals surface area contributed by atoms with Crippen LogP contribution in [0, 0.1) is 0 Å². The molecule has 6 nitrogen and oxygen atoms in total. The van der Waals surface area contributed by atoms with Gasteiger partial charge in [-0.1, -0.05) is 333 Å². The molecule has 0 bridgehead atoms.